The summed E-state index contributed by atoms with van der Waals surface area (Å²) in [7, 11) is 1.47. The molecule has 0 aromatic heterocycles. The number of rotatable bonds is 4. The average molecular weight is 346 g/mol. The van der Waals surface area contributed by atoms with Crippen LogP contribution in [-0.4, -0.2) is 25.2 Å². The largest absolute Gasteiger partial charge is 0.493 e. The lowest BCUT2D eigenvalue weighted by molar-refractivity contribution is -0.132. The van der Waals surface area contributed by atoms with Gasteiger partial charge >= 0.3 is 11.9 Å². The Morgan fingerprint density at radius 1 is 1.16 bits per heavy atom. The first kappa shape index (κ1) is 17.8. The van der Waals surface area contributed by atoms with Crippen LogP contribution in [0, 0.1) is 16.7 Å². The Morgan fingerprint density at radius 2 is 1.88 bits per heavy atom. The van der Waals surface area contributed by atoms with E-state index in [0.29, 0.717) is 23.0 Å². The predicted octanol–water partition coefficient (Wildman–Crippen LogP) is 3.99. The molecule has 1 aromatic carbocycles. The average Bonchev–Trinajstić information content (AvgIpc) is 2.88. The predicted molar refractivity (Wildman–Crippen MR) is 92.7 cm³/mol. The number of ether oxygens (including phenoxy) is 3. The lowest BCUT2D eigenvalue weighted by Crippen LogP contribution is -2.38. The Hall–Kier alpha value is -2.04. The van der Waals surface area contributed by atoms with Crippen LogP contribution < -0.4 is 9.47 Å². The summed E-state index contributed by atoms with van der Waals surface area (Å²) < 4.78 is 16.2. The summed E-state index contributed by atoms with van der Waals surface area (Å²) in [6, 6.07) is 4.72. The zero-order chi connectivity index (χ0) is 18.4. The van der Waals surface area contributed by atoms with E-state index in [1.54, 1.807) is 18.2 Å². The van der Waals surface area contributed by atoms with E-state index in [-0.39, 0.29) is 22.9 Å². The summed E-state index contributed by atoms with van der Waals surface area (Å²) in [5, 5.41) is 0. The number of hydrogen-bond acceptors (Lipinski definition) is 5. The highest BCUT2D eigenvalue weighted by Crippen LogP contribution is 2.66. The van der Waals surface area contributed by atoms with Crippen LogP contribution in [0.2, 0.25) is 0 Å². The van der Waals surface area contributed by atoms with Gasteiger partial charge < -0.3 is 14.2 Å². The third-order valence-electron chi connectivity index (χ3n) is 6.62. The molecule has 2 fully saturated rings. The summed E-state index contributed by atoms with van der Waals surface area (Å²) in [5.41, 5.74) is 0.612. The van der Waals surface area contributed by atoms with Gasteiger partial charge in [-0.25, -0.2) is 4.79 Å². The lowest BCUT2D eigenvalue weighted by Gasteiger charge is -2.38. The second-order valence-corrected chi connectivity index (χ2v) is 7.96. The molecule has 1 aromatic rings. The fourth-order valence-electron chi connectivity index (χ4n) is 4.54. The normalized spacial score (nSPS) is 29.3. The molecule has 5 nitrogen and oxygen atoms in total. The number of benzene rings is 1. The van der Waals surface area contributed by atoms with Gasteiger partial charge in [-0.05, 0) is 48.8 Å². The van der Waals surface area contributed by atoms with Crippen molar-refractivity contribution in [2.45, 2.75) is 53.1 Å². The van der Waals surface area contributed by atoms with Crippen molar-refractivity contribution in [1.29, 1.82) is 0 Å². The third-order valence-corrected chi connectivity index (χ3v) is 6.62. The van der Waals surface area contributed by atoms with E-state index in [0.717, 1.165) is 12.8 Å². The Kier molecular flexibility index (Phi) is 4.30. The standard InChI is InChI=1S/C20H26O5/c1-12(21)24-15-7-6-13(10-16(15)23-5)18(22)25-17-11-14-8-9-20(17,4)19(14,2)3/h6-7,10,14,17H,8-9,11H2,1-5H3/t14-,17?,20?/m0/s1. The molecule has 3 rings (SSSR count). The molecule has 2 aliphatic carbocycles. The van der Waals surface area contributed by atoms with E-state index < -0.39 is 5.97 Å². The first-order valence-corrected chi connectivity index (χ1v) is 8.76. The summed E-state index contributed by atoms with van der Waals surface area (Å²) in [6.45, 7) is 8.13. The van der Waals surface area contributed by atoms with E-state index in [2.05, 4.69) is 20.8 Å². The molecule has 5 heteroatoms. The number of esters is 2. The van der Waals surface area contributed by atoms with Crippen molar-refractivity contribution in [2.24, 2.45) is 16.7 Å². The van der Waals surface area contributed by atoms with Crippen molar-refractivity contribution >= 4 is 11.9 Å². The van der Waals surface area contributed by atoms with Gasteiger partial charge in [-0.2, -0.15) is 0 Å². The molecule has 2 saturated carbocycles. The van der Waals surface area contributed by atoms with E-state index >= 15 is 0 Å². The van der Waals surface area contributed by atoms with Crippen LogP contribution in [0.15, 0.2) is 18.2 Å². The van der Waals surface area contributed by atoms with Crippen molar-refractivity contribution < 1.29 is 23.8 Å². The van der Waals surface area contributed by atoms with E-state index in [4.69, 9.17) is 14.2 Å². The van der Waals surface area contributed by atoms with Gasteiger partial charge in [0.1, 0.15) is 6.10 Å². The molecule has 0 heterocycles. The fourth-order valence-corrected chi connectivity index (χ4v) is 4.54. The van der Waals surface area contributed by atoms with E-state index in [1.165, 1.54) is 20.5 Å². The van der Waals surface area contributed by atoms with Crippen molar-refractivity contribution in [3.8, 4) is 11.5 Å². The number of carbonyl (C=O) groups is 2. The molecular weight excluding hydrogens is 320 g/mol. The summed E-state index contributed by atoms with van der Waals surface area (Å²) >= 11 is 0. The summed E-state index contributed by atoms with van der Waals surface area (Å²) in [6.07, 6.45) is 3.17. The highest BCUT2D eigenvalue weighted by atomic mass is 16.6. The molecule has 0 N–H and O–H groups in total. The molecule has 0 aliphatic heterocycles. The maximum atomic E-state index is 12.6. The first-order valence-electron chi connectivity index (χ1n) is 8.76. The van der Waals surface area contributed by atoms with Crippen LogP contribution in [0.1, 0.15) is 57.3 Å². The minimum atomic E-state index is -0.439. The van der Waals surface area contributed by atoms with E-state index in [1.807, 2.05) is 0 Å². The SMILES string of the molecule is COc1cc(C(=O)OC2C[C@@H]3CCC2(C)C3(C)C)ccc1OC(C)=O. The van der Waals surface area contributed by atoms with Crippen molar-refractivity contribution in [1.82, 2.24) is 0 Å². The van der Waals surface area contributed by atoms with Crippen molar-refractivity contribution in [3.05, 3.63) is 23.8 Å². The topological polar surface area (TPSA) is 61.8 Å². The van der Waals surface area contributed by atoms with Crippen LogP contribution >= 0.6 is 0 Å². The van der Waals surface area contributed by atoms with E-state index in [9.17, 15) is 9.59 Å². The smallest absolute Gasteiger partial charge is 0.338 e. The first-order chi connectivity index (χ1) is 11.7. The summed E-state index contributed by atoms with van der Waals surface area (Å²) in [5.74, 6) is 0.438. The molecule has 25 heavy (non-hydrogen) atoms. The quantitative estimate of drug-likeness (QED) is 0.609. The minimum absolute atomic E-state index is 0.0229. The minimum Gasteiger partial charge on any atom is -0.493 e. The van der Waals surface area contributed by atoms with Gasteiger partial charge in [0.05, 0.1) is 12.7 Å². The van der Waals surface area contributed by atoms with Crippen LogP contribution in [0.5, 0.6) is 11.5 Å². The molecular formula is C20H26O5. The van der Waals surface area contributed by atoms with Gasteiger partial charge in [0.25, 0.3) is 0 Å². The number of methoxy groups -OCH3 is 1. The van der Waals surface area contributed by atoms with Gasteiger partial charge in [-0.3, -0.25) is 4.79 Å². The lowest BCUT2D eigenvalue weighted by atomic mass is 9.70. The van der Waals surface area contributed by atoms with Crippen LogP contribution in [0.3, 0.4) is 0 Å². The number of hydrogen-bond donors (Lipinski definition) is 0. The molecule has 0 amide bonds. The molecule has 0 saturated heterocycles. The summed E-state index contributed by atoms with van der Waals surface area (Å²) in [4.78, 5) is 23.8. The Labute approximate surface area is 148 Å². The Balaban J connectivity index is 1.77. The maximum absolute atomic E-state index is 12.6. The molecule has 2 unspecified atom stereocenters. The van der Waals surface area contributed by atoms with Gasteiger partial charge in [0.15, 0.2) is 11.5 Å². The van der Waals surface area contributed by atoms with Crippen molar-refractivity contribution in [2.75, 3.05) is 7.11 Å². The maximum Gasteiger partial charge on any atom is 0.338 e. The van der Waals surface area contributed by atoms with Crippen LogP contribution in [0.4, 0.5) is 0 Å². The number of fused-ring (bicyclic) bond motifs is 2. The highest BCUT2D eigenvalue weighted by Gasteiger charge is 2.62. The fraction of sp³-hybridized carbons (Fsp3) is 0.600. The highest BCUT2D eigenvalue weighted by molar-refractivity contribution is 5.90. The van der Waals surface area contributed by atoms with Crippen LogP contribution in [0.25, 0.3) is 0 Å². The molecule has 0 radical (unpaired) electrons. The molecule has 0 spiro atoms. The monoisotopic (exact) mass is 346 g/mol. The second-order valence-electron chi connectivity index (χ2n) is 7.96. The van der Waals surface area contributed by atoms with Crippen LogP contribution in [-0.2, 0) is 9.53 Å². The Bertz CT molecular complexity index is 708. The van der Waals surface area contributed by atoms with Gasteiger partial charge in [-0.1, -0.05) is 20.8 Å². The van der Waals surface area contributed by atoms with Gasteiger partial charge in [0.2, 0.25) is 0 Å². The van der Waals surface area contributed by atoms with Gasteiger partial charge in [0, 0.05) is 12.3 Å². The van der Waals surface area contributed by atoms with Crippen molar-refractivity contribution in [3.63, 3.8) is 0 Å². The molecule has 3 atom stereocenters. The zero-order valence-electron chi connectivity index (χ0n) is 15.5. The third kappa shape index (κ3) is 2.79. The molecule has 2 bridgehead atoms. The second kappa shape index (κ2) is 6.04. The molecule has 2 aliphatic rings. The van der Waals surface area contributed by atoms with Gasteiger partial charge in [-0.15, -0.1) is 0 Å². The Morgan fingerprint density at radius 3 is 2.40 bits per heavy atom. The number of carbonyl (C=O) groups excluding carboxylic acids is 2. The zero-order valence-corrected chi connectivity index (χ0v) is 15.5. The molecule has 136 valence electrons.